The minimum Gasteiger partial charge on any atom is -0.382 e. The Morgan fingerprint density at radius 3 is 2.57 bits per heavy atom. The highest BCUT2D eigenvalue weighted by molar-refractivity contribution is 5.82. The molecule has 0 saturated heterocycles. The largest absolute Gasteiger partial charge is 0.382 e. The van der Waals surface area contributed by atoms with Crippen molar-refractivity contribution in [3.05, 3.63) is 23.0 Å². The Labute approximate surface area is 115 Å². The highest BCUT2D eigenvalue weighted by Crippen LogP contribution is 2.17. The minimum atomic E-state index is -0.316. The Bertz CT molecular complexity index is 1010. The molecule has 4 aromatic heterocycles. The third-order valence-corrected chi connectivity index (χ3v) is 2.84. The summed E-state index contributed by atoms with van der Waals surface area (Å²) in [7, 11) is 0. The zero-order chi connectivity index (χ0) is 14.4. The molecule has 0 aliphatic heterocycles. The van der Waals surface area contributed by atoms with E-state index in [4.69, 9.17) is 5.73 Å². The molecule has 6 N–H and O–H groups in total. The van der Waals surface area contributed by atoms with Crippen molar-refractivity contribution >= 4 is 40.0 Å². The molecule has 0 fully saturated rings. The van der Waals surface area contributed by atoms with Crippen molar-refractivity contribution in [2.75, 3.05) is 11.1 Å². The van der Waals surface area contributed by atoms with Gasteiger partial charge in [-0.1, -0.05) is 0 Å². The van der Waals surface area contributed by atoms with Gasteiger partial charge in [0, 0.05) is 0 Å². The Morgan fingerprint density at radius 1 is 1.00 bits per heavy atom. The average Bonchev–Trinajstić information content (AvgIpc) is 3.06. The number of aromatic nitrogens is 8. The lowest BCUT2D eigenvalue weighted by Crippen LogP contribution is -2.05. The van der Waals surface area contributed by atoms with Gasteiger partial charge in [0.25, 0.3) is 5.56 Å². The van der Waals surface area contributed by atoms with Crippen molar-refractivity contribution in [2.24, 2.45) is 0 Å². The molecule has 21 heavy (non-hydrogen) atoms. The number of nitrogens with one attached hydrogen (secondary N) is 4. The van der Waals surface area contributed by atoms with Crippen LogP contribution in [0.3, 0.4) is 0 Å². The SMILES string of the molecule is Nc1nc(Nc2nc3nc[nH]c(=O)c3[nH]2)nc2nc[nH]c12. The fraction of sp³-hybridized carbons (Fsp3) is 0. The summed E-state index contributed by atoms with van der Waals surface area (Å²) < 4.78 is 0. The summed E-state index contributed by atoms with van der Waals surface area (Å²) in [6, 6.07) is 0. The first-order valence-corrected chi connectivity index (χ1v) is 5.88. The lowest BCUT2D eigenvalue weighted by atomic mass is 10.5. The second-order valence-electron chi connectivity index (χ2n) is 4.17. The van der Waals surface area contributed by atoms with Gasteiger partial charge >= 0.3 is 0 Å². The maximum atomic E-state index is 11.6. The van der Waals surface area contributed by atoms with E-state index in [-0.39, 0.29) is 34.4 Å². The van der Waals surface area contributed by atoms with Gasteiger partial charge in [-0.15, -0.1) is 0 Å². The van der Waals surface area contributed by atoms with Gasteiger partial charge in [-0.05, 0) is 0 Å². The van der Waals surface area contributed by atoms with Crippen molar-refractivity contribution in [2.45, 2.75) is 0 Å². The lowest BCUT2D eigenvalue weighted by molar-refractivity contribution is 1.15. The Kier molecular flexibility index (Phi) is 2.16. The number of imidazole rings is 2. The molecule has 0 unspecified atom stereocenters. The molecule has 4 aromatic rings. The van der Waals surface area contributed by atoms with E-state index in [0.717, 1.165) is 0 Å². The Morgan fingerprint density at radius 2 is 1.76 bits per heavy atom. The Hall–Kier alpha value is -3.50. The summed E-state index contributed by atoms with van der Waals surface area (Å²) in [5, 5.41) is 2.83. The molecule has 11 nitrogen and oxygen atoms in total. The van der Waals surface area contributed by atoms with Crippen LogP contribution in [0.2, 0.25) is 0 Å². The van der Waals surface area contributed by atoms with Gasteiger partial charge in [-0.2, -0.15) is 15.0 Å². The molecular formula is C10H8N10O. The number of nitrogen functional groups attached to an aromatic ring is 1. The van der Waals surface area contributed by atoms with Crippen LogP contribution in [0, 0.1) is 0 Å². The molecule has 0 amide bonds. The van der Waals surface area contributed by atoms with E-state index in [2.05, 4.69) is 45.2 Å². The zero-order valence-electron chi connectivity index (χ0n) is 10.4. The fourth-order valence-corrected chi connectivity index (χ4v) is 1.92. The van der Waals surface area contributed by atoms with E-state index in [1.807, 2.05) is 0 Å². The van der Waals surface area contributed by atoms with Crippen molar-refractivity contribution < 1.29 is 0 Å². The number of hydrogen-bond acceptors (Lipinski definition) is 8. The summed E-state index contributed by atoms with van der Waals surface area (Å²) in [6.07, 6.45) is 2.75. The first-order valence-electron chi connectivity index (χ1n) is 5.88. The third-order valence-electron chi connectivity index (χ3n) is 2.84. The standard InChI is InChI=1S/C10H8N10O/c11-5-3-6(13-1-12-3)18-10(17-5)20-9-16-4-7(19-9)14-2-15-8(4)21/h1-2H,(H6,11,12,13,14,15,16,17,18,19,20,21). The third kappa shape index (κ3) is 1.75. The van der Waals surface area contributed by atoms with Crippen LogP contribution in [0.15, 0.2) is 17.4 Å². The van der Waals surface area contributed by atoms with E-state index >= 15 is 0 Å². The molecule has 0 aromatic carbocycles. The normalized spacial score (nSPS) is 11.2. The predicted molar refractivity (Wildman–Crippen MR) is 73.9 cm³/mol. The van der Waals surface area contributed by atoms with Gasteiger partial charge in [0.15, 0.2) is 22.6 Å². The molecule has 0 atom stereocenters. The van der Waals surface area contributed by atoms with Crippen molar-refractivity contribution in [3.8, 4) is 0 Å². The van der Waals surface area contributed by atoms with Crippen molar-refractivity contribution in [1.29, 1.82) is 0 Å². The summed E-state index contributed by atoms with van der Waals surface area (Å²) in [6.45, 7) is 0. The van der Waals surface area contributed by atoms with Gasteiger partial charge in [0.2, 0.25) is 11.9 Å². The monoisotopic (exact) mass is 284 g/mol. The summed E-state index contributed by atoms with van der Waals surface area (Å²) in [5.41, 5.74) is 7.01. The second kappa shape index (κ2) is 4.00. The van der Waals surface area contributed by atoms with E-state index in [0.29, 0.717) is 11.2 Å². The average molecular weight is 284 g/mol. The molecule has 104 valence electrons. The molecule has 0 aliphatic rings. The first kappa shape index (κ1) is 11.3. The fourth-order valence-electron chi connectivity index (χ4n) is 1.92. The van der Waals surface area contributed by atoms with E-state index < -0.39 is 0 Å². The van der Waals surface area contributed by atoms with Crippen molar-refractivity contribution in [3.63, 3.8) is 0 Å². The molecule has 0 radical (unpaired) electrons. The van der Waals surface area contributed by atoms with Crippen molar-refractivity contribution in [1.82, 2.24) is 39.9 Å². The van der Waals surface area contributed by atoms with E-state index in [1.54, 1.807) is 0 Å². The minimum absolute atomic E-state index is 0.211. The first-order chi connectivity index (χ1) is 10.2. The number of H-pyrrole nitrogens is 3. The maximum Gasteiger partial charge on any atom is 0.276 e. The smallest absolute Gasteiger partial charge is 0.276 e. The summed E-state index contributed by atoms with van der Waals surface area (Å²) in [5.74, 6) is 0.748. The zero-order valence-corrected chi connectivity index (χ0v) is 10.4. The number of anilines is 3. The van der Waals surface area contributed by atoms with Gasteiger partial charge in [0.05, 0.1) is 12.7 Å². The molecular weight excluding hydrogens is 276 g/mol. The highest BCUT2D eigenvalue weighted by Gasteiger charge is 2.11. The second-order valence-corrected chi connectivity index (χ2v) is 4.17. The summed E-state index contributed by atoms with van der Waals surface area (Å²) in [4.78, 5) is 40.0. The molecule has 0 aliphatic carbocycles. The van der Waals surface area contributed by atoms with Gasteiger partial charge in [0.1, 0.15) is 5.52 Å². The maximum absolute atomic E-state index is 11.6. The number of nitrogens with zero attached hydrogens (tertiary/aromatic N) is 5. The quantitative estimate of drug-likeness (QED) is 0.332. The summed E-state index contributed by atoms with van der Waals surface area (Å²) >= 11 is 0. The molecule has 0 spiro atoms. The van der Waals surface area contributed by atoms with Crippen LogP contribution in [0.25, 0.3) is 22.3 Å². The van der Waals surface area contributed by atoms with Gasteiger partial charge < -0.3 is 20.7 Å². The van der Waals surface area contributed by atoms with Crippen LogP contribution in [0.1, 0.15) is 0 Å². The molecule has 0 bridgehead atoms. The topological polar surface area (TPSA) is 167 Å². The van der Waals surface area contributed by atoms with Crippen LogP contribution in [0.5, 0.6) is 0 Å². The van der Waals surface area contributed by atoms with Gasteiger partial charge in [-0.3, -0.25) is 10.1 Å². The molecule has 4 rings (SSSR count). The number of rotatable bonds is 2. The number of aromatic amines is 3. The molecule has 4 heterocycles. The van der Waals surface area contributed by atoms with Gasteiger partial charge in [-0.25, -0.2) is 9.97 Å². The van der Waals surface area contributed by atoms with Crippen LogP contribution >= 0.6 is 0 Å². The predicted octanol–water partition coefficient (Wildman–Crippen LogP) is -0.362. The number of nitrogens with two attached hydrogens (primary N) is 1. The Balaban J connectivity index is 1.78. The lowest BCUT2D eigenvalue weighted by Gasteiger charge is -2.01. The molecule has 0 saturated carbocycles. The van der Waals surface area contributed by atoms with Crippen LogP contribution in [-0.4, -0.2) is 39.9 Å². The van der Waals surface area contributed by atoms with E-state index in [1.165, 1.54) is 12.7 Å². The van der Waals surface area contributed by atoms with Crippen LogP contribution < -0.4 is 16.6 Å². The van der Waals surface area contributed by atoms with Crippen LogP contribution in [-0.2, 0) is 0 Å². The number of fused-ring (bicyclic) bond motifs is 2. The van der Waals surface area contributed by atoms with Crippen LogP contribution in [0.4, 0.5) is 17.7 Å². The molecule has 11 heteroatoms. The van der Waals surface area contributed by atoms with E-state index in [9.17, 15) is 4.79 Å². The number of hydrogen-bond donors (Lipinski definition) is 5. The highest BCUT2D eigenvalue weighted by atomic mass is 16.1.